The summed E-state index contributed by atoms with van der Waals surface area (Å²) in [7, 11) is 3.49. The van der Waals surface area contributed by atoms with Crippen LogP contribution in [0.5, 0.6) is 0 Å². The average molecular weight is 413 g/mol. The lowest BCUT2D eigenvalue weighted by Crippen LogP contribution is -2.40. The van der Waals surface area contributed by atoms with E-state index in [2.05, 4.69) is 10.2 Å². The molecule has 0 radical (unpaired) electrons. The number of aromatic nitrogens is 2. The molecule has 1 aliphatic heterocycles. The molecule has 1 saturated heterocycles. The summed E-state index contributed by atoms with van der Waals surface area (Å²) in [5.41, 5.74) is 3.38. The molecule has 152 valence electrons. The number of rotatable bonds is 4. The maximum Gasteiger partial charge on any atom is 0.328 e. The number of piperidine rings is 1. The van der Waals surface area contributed by atoms with Gasteiger partial charge in [-0.3, -0.25) is 18.8 Å². The van der Waals surface area contributed by atoms with E-state index < -0.39 is 0 Å². The summed E-state index contributed by atoms with van der Waals surface area (Å²) in [6.07, 6.45) is 1.85. The standard InChI is InChI=1S/C22H25ClN4O2/c1-25-19-10-9-17(12-20(19)26(2)22(25)29)24-21(28)16-7-5-11-27(14-16)13-15-6-3-4-8-18(15)23/h3-4,6,8-10,12,16H,5,7,11,13-14H2,1-2H3,(H,24,28). The summed E-state index contributed by atoms with van der Waals surface area (Å²) >= 11 is 6.29. The van der Waals surface area contributed by atoms with Gasteiger partial charge in [-0.2, -0.15) is 0 Å². The molecule has 1 amide bonds. The van der Waals surface area contributed by atoms with Gasteiger partial charge in [0.1, 0.15) is 0 Å². The molecule has 4 rings (SSSR count). The van der Waals surface area contributed by atoms with E-state index in [4.69, 9.17) is 11.6 Å². The molecule has 1 aromatic heterocycles. The van der Waals surface area contributed by atoms with Gasteiger partial charge >= 0.3 is 5.69 Å². The van der Waals surface area contributed by atoms with Crippen molar-refractivity contribution in [2.45, 2.75) is 19.4 Å². The quantitative estimate of drug-likeness (QED) is 0.714. The molecule has 6 nitrogen and oxygen atoms in total. The highest BCUT2D eigenvalue weighted by Crippen LogP contribution is 2.24. The first-order valence-corrected chi connectivity index (χ1v) is 10.2. The molecule has 0 aliphatic carbocycles. The van der Waals surface area contributed by atoms with Crippen molar-refractivity contribution in [1.82, 2.24) is 14.0 Å². The van der Waals surface area contributed by atoms with Crippen LogP contribution in [0.2, 0.25) is 5.02 Å². The predicted octanol–water partition coefficient (Wildman–Crippen LogP) is 3.38. The highest BCUT2D eigenvalue weighted by molar-refractivity contribution is 6.31. The molecule has 0 spiro atoms. The molecule has 2 aromatic carbocycles. The molecule has 29 heavy (non-hydrogen) atoms. The normalized spacial score (nSPS) is 17.6. The number of benzene rings is 2. The molecule has 1 N–H and O–H groups in total. The van der Waals surface area contributed by atoms with Gasteiger partial charge in [-0.15, -0.1) is 0 Å². The molecule has 0 bridgehead atoms. The third-order valence-corrected chi connectivity index (χ3v) is 6.14. The maximum absolute atomic E-state index is 12.9. The van der Waals surface area contributed by atoms with Crippen LogP contribution in [0.4, 0.5) is 5.69 Å². The van der Waals surface area contributed by atoms with Crippen LogP contribution in [0.25, 0.3) is 11.0 Å². The molecule has 7 heteroatoms. The van der Waals surface area contributed by atoms with Crippen LogP contribution >= 0.6 is 11.6 Å². The van der Waals surface area contributed by atoms with Gasteiger partial charge in [0.2, 0.25) is 5.91 Å². The molecular weight excluding hydrogens is 388 g/mol. The first-order valence-electron chi connectivity index (χ1n) is 9.86. The van der Waals surface area contributed by atoms with E-state index in [-0.39, 0.29) is 17.5 Å². The van der Waals surface area contributed by atoms with Gasteiger partial charge in [0.05, 0.1) is 17.0 Å². The van der Waals surface area contributed by atoms with Crippen molar-refractivity contribution in [2.75, 3.05) is 18.4 Å². The number of hydrogen-bond donors (Lipinski definition) is 1. The van der Waals surface area contributed by atoms with Crippen LogP contribution in [0.3, 0.4) is 0 Å². The molecule has 2 heterocycles. The van der Waals surface area contributed by atoms with Crippen molar-refractivity contribution in [1.29, 1.82) is 0 Å². The van der Waals surface area contributed by atoms with Crippen LogP contribution in [-0.2, 0) is 25.4 Å². The van der Waals surface area contributed by atoms with Crippen molar-refractivity contribution in [3.63, 3.8) is 0 Å². The van der Waals surface area contributed by atoms with E-state index in [0.717, 1.165) is 47.6 Å². The Hall–Kier alpha value is -2.57. The van der Waals surface area contributed by atoms with E-state index in [9.17, 15) is 9.59 Å². The number of carbonyl (C=O) groups is 1. The van der Waals surface area contributed by atoms with Gasteiger partial charge in [-0.05, 0) is 49.2 Å². The Labute approximate surface area is 174 Å². The van der Waals surface area contributed by atoms with Crippen molar-refractivity contribution >= 4 is 34.2 Å². The Balaban J connectivity index is 1.45. The topological polar surface area (TPSA) is 59.3 Å². The van der Waals surface area contributed by atoms with Gasteiger partial charge in [-0.1, -0.05) is 29.8 Å². The number of imidazole rings is 1. The van der Waals surface area contributed by atoms with E-state index in [0.29, 0.717) is 12.2 Å². The number of amides is 1. The zero-order valence-corrected chi connectivity index (χ0v) is 17.4. The van der Waals surface area contributed by atoms with Crippen molar-refractivity contribution in [3.8, 4) is 0 Å². The fraction of sp³-hybridized carbons (Fsp3) is 0.364. The first kappa shape index (κ1) is 19.7. The van der Waals surface area contributed by atoms with Crippen molar-refractivity contribution in [2.24, 2.45) is 20.0 Å². The molecule has 0 saturated carbocycles. The average Bonchev–Trinajstić information content (AvgIpc) is 2.94. The fourth-order valence-corrected chi connectivity index (χ4v) is 4.31. The number of fused-ring (bicyclic) bond motifs is 1. The Bertz CT molecular complexity index is 1120. The monoisotopic (exact) mass is 412 g/mol. The summed E-state index contributed by atoms with van der Waals surface area (Å²) in [4.78, 5) is 27.3. The second-order valence-corrected chi connectivity index (χ2v) is 8.17. The third-order valence-electron chi connectivity index (χ3n) is 5.77. The number of aryl methyl sites for hydroxylation is 2. The van der Waals surface area contributed by atoms with E-state index in [1.807, 2.05) is 42.5 Å². The zero-order valence-electron chi connectivity index (χ0n) is 16.7. The minimum Gasteiger partial charge on any atom is -0.326 e. The van der Waals surface area contributed by atoms with Crippen LogP contribution in [0.1, 0.15) is 18.4 Å². The third kappa shape index (κ3) is 3.95. The van der Waals surface area contributed by atoms with Crippen LogP contribution in [-0.4, -0.2) is 33.0 Å². The number of likely N-dealkylation sites (tertiary alicyclic amines) is 1. The van der Waals surface area contributed by atoms with Gasteiger partial charge in [0.15, 0.2) is 0 Å². The summed E-state index contributed by atoms with van der Waals surface area (Å²) in [6, 6.07) is 13.4. The molecule has 1 aliphatic rings. The number of halogens is 1. The van der Waals surface area contributed by atoms with Crippen molar-refractivity contribution in [3.05, 3.63) is 63.5 Å². The summed E-state index contributed by atoms with van der Waals surface area (Å²) in [5.74, 6) is -0.0457. The predicted molar refractivity (Wildman–Crippen MR) is 116 cm³/mol. The SMILES string of the molecule is Cn1c(=O)n(C)c2cc(NC(=O)C3CCCN(Cc4ccccc4Cl)C3)ccc21. The number of anilines is 1. The lowest BCUT2D eigenvalue weighted by atomic mass is 9.96. The highest BCUT2D eigenvalue weighted by atomic mass is 35.5. The Kier molecular flexibility index (Phi) is 5.48. The van der Waals surface area contributed by atoms with Gasteiger partial charge < -0.3 is 5.32 Å². The van der Waals surface area contributed by atoms with Gasteiger partial charge in [0, 0.05) is 37.9 Å². The number of hydrogen-bond acceptors (Lipinski definition) is 3. The highest BCUT2D eigenvalue weighted by Gasteiger charge is 2.26. The molecule has 1 unspecified atom stereocenters. The number of carbonyl (C=O) groups excluding carboxylic acids is 1. The lowest BCUT2D eigenvalue weighted by molar-refractivity contribution is -0.121. The Morgan fingerprint density at radius 3 is 2.69 bits per heavy atom. The van der Waals surface area contributed by atoms with E-state index in [1.165, 1.54) is 0 Å². The van der Waals surface area contributed by atoms with Crippen LogP contribution in [0.15, 0.2) is 47.3 Å². The smallest absolute Gasteiger partial charge is 0.326 e. The van der Waals surface area contributed by atoms with Crippen LogP contribution in [0, 0.1) is 5.92 Å². The zero-order chi connectivity index (χ0) is 20.5. The summed E-state index contributed by atoms with van der Waals surface area (Å²) in [5, 5.41) is 3.80. The Morgan fingerprint density at radius 1 is 1.14 bits per heavy atom. The van der Waals surface area contributed by atoms with Crippen LogP contribution < -0.4 is 11.0 Å². The minimum atomic E-state index is -0.0778. The van der Waals surface area contributed by atoms with Gasteiger partial charge in [0.25, 0.3) is 0 Å². The molecule has 3 aromatic rings. The largest absolute Gasteiger partial charge is 0.328 e. The van der Waals surface area contributed by atoms with Crippen molar-refractivity contribution < 1.29 is 4.79 Å². The van der Waals surface area contributed by atoms with E-state index in [1.54, 1.807) is 23.2 Å². The summed E-state index contributed by atoms with van der Waals surface area (Å²) in [6.45, 7) is 2.43. The first-order chi connectivity index (χ1) is 13.9. The fourth-order valence-electron chi connectivity index (χ4n) is 4.11. The molecule has 1 atom stereocenters. The summed E-state index contributed by atoms with van der Waals surface area (Å²) < 4.78 is 3.20. The van der Waals surface area contributed by atoms with Gasteiger partial charge in [-0.25, -0.2) is 4.79 Å². The van der Waals surface area contributed by atoms with E-state index >= 15 is 0 Å². The second-order valence-electron chi connectivity index (χ2n) is 7.76. The number of nitrogens with zero attached hydrogens (tertiary/aromatic N) is 3. The maximum atomic E-state index is 12.9. The molecule has 1 fully saturated rings. The Morgan fingerprint density at radius 2 is 1.90 bits per heavy atom. The second kappa shape index (κ2) is 8.05. The minimum absolute atomic E-state index is 0.0224. The lowest BCUT2D eigenvalue weighted by Gasteiger charge is -2.32. The number of nitrogens with one attached hydrogen (secondary N) is 1. The molecular formula is C22H25ClN4O2.